The van der Waals surface area contributed by atoms with E-state index in [1.807, 2.05) is 17.0 Å². The molecule has 1 amide bonds. The van der Waals surface area contributed by atoms with Crippen LogP contribution < -0.4 is 0 Å². The maximum Gasteiger partial charge on any atom is 0.261 e. The molecule has 4 aromatic rings. The molecule has 2 aromatic carbocycles. The van der Waals surface area contributed by atoms with Gasteiger partial charge in [0, 0.05) is 25.1 Å². The number of carbonyl (C=O) groups excluding carboxylic acids is 1. The van der Waals surface area contributed by atoms with Crippen molar-refractivity contribution < 1.29 is 13.7 Å². The first-order chi connectivity index (χ1) is 15.6. The highest BCUT2D eigenvalue weighted by Crippen LogP contribution is 2.26. The second-order valence-electron chi connectivity index (χ2n) is 7.58. The minimum Gasteiger partial charge on any atom is -0.343 e. The second kappa shape index (κ2) is 8.19. The third-order valence-corrected chi connectivity index (χ3v) is 5.52. The van der Waals surface area contributed by atoms with Gasteiger partial charge in [0.2, 0.25) is 11.7 Å². The van der Waals surface area contributed by atoms with E-state index in [1.54, 1.807) is 16.8 Å². The van der Waals surface area contributed by atoms with Gasteiger partial charge in [-0.1, -0.05) is 10.4 Å². The summed E-state index contributed by atoms with van der Waals surface area (Å²) in [6.45, 7) is 2.12. The third-order valence-electron chi connectivity index (χ3n) is 5.52. The van der Waals surface area contributed by atoms with Crippen LogP contribution in [0.1, 0.15) is 24.8 Å². The van der Waals surface area contributed by atoms with Gasteiger partial charge in [0.25, 0.3) is 5.89 Å². The fourth-order valence-electron chi connectivity index (χ4n) is 3.81. The summed E-state index contributed by atoms with van der Waals surface area (Å²) in [4.78, 5) is 18.5. The number of rotatable bonds is 5. The molecule has 0 atom stereocenters. The first-order valence-electron chi connectivity index (χ1n) is 10.3. The zero-order valence-corrected chi connectivity index (χ0v) is 17.0. The van der Waals surface area contributed by atoms with Crippen LogP contribution in [0.2, 0.25) is 0 Å². The average molecular weight is 431 g/mol. The lowest BCUT2D eigenvalue weighted by Crippen LogP contribution is -2.28. The van der Waals surface area contributed by atoms with E-state index in [0.29, 0.717) is 24.0 Å². The van der Waals surface area contributed by atoms with Crippen LogP contribution in [0.3, 0.4) is 0 Å². The van der Waals surface area contributed by atoms with E-state index in [1.165, 1.54) is 12.1 Å². The summed E-state index contributed by atoms with van der Waals surface area (Å²) in [5, 5.41) is 21.2. The van der Waals surface area contributed by atoms with Crippen molar-refractivity contribution in [2.45, 2.75) is 25.8 Å². The Morgan fingerprint density at radius 1 is 1.19 bits per heavy atom. The molecule has 0 N–H and O–H groups in total. The molecule has 1 saturated heterocycles. The van der Waals surface area contributed by atoms with E-state index in [9.17, 15) is 9.18 Å². The van der Waals surface area contributed by atoms with Gasteiger partial charge in [0.15, 0.2) is 0 Å². The number of benzene rings is 2. The molecule has 0 saturated carbocycles. The Kier molecular flexibility index (Phi) is 5.07. The number of halogens is 1. The maximum atomic E-state index is 14.2. The molecule has 1 aliphatic rings. The molecule has 32 heavy (non-hydrogen) atoms. The van der Waals surface area contributed by atoms with E-state index in [0.717, 1.165) is 37.5 Å². The van der Waals surface area contributed by atoms with Crippen molar-refractivity contribution in [3.05, 3.63) is 47.8 Å². The van der Waals surface area contributed by atoms with Gasteiger partial charge in [-0.05, 0) is 49.2 Å². The number of nitriles is 1. The van der Waals surface area contributed by atoms with E-state index < -0.39 is 5.82 Å². The number of amides is 1. The number of fused-ring (bicyclic) bond motifs is 1. The Morgan fingerprint density at radius 3 is 2.81 bits per heavy atom. The molecular formula is C22H18FN7O2. The standard InChI is InChI=1S/C22H18FN7O2/c23-17-11-14(13-24)3-5-16(17)22-25-21(27-32-22)15-4-6-19-18(12-15)26-28-30(19)10-7-20(31)29-8-1-2-9-29/h3-6,11-12H,1-2,7-10H2. The van der Waals surface area contributed by atoms with Crippen molar-refractivity contribution in [1.82, 2.24) is 30.0 Å². The summed E-state index contributed by atoms with van der Waals surface area (Å²) in [7, 11) is 0. The molecule has 0 aliphatic carbocycles. The first kappa shape index (κ1) is 19.8. The van der Waals surface area contributed by atoms with Crippen molar-refractivity contribution in [2.24, 2.45) is 0 Å². The van der Waals surface area contributed by atoms with E-state index in [-0.39, 0.29) is 28.7 Å². The lowest BCUT2D eigenvalue weighted by molar-refractivity contribution is -0.130. The molecule has 0 spiro atoms. The van der Waals surface area contributed by atoms with Crippen LogP contribution in [-0.4, -0.2) is 49.0 Å². The van der Waals surface area contributed by atoms with E-state index in [4.69, 9.17) is 9.78 Å². The Bertz CT molecular complexity index is 1350. The Labute approximate surface area is 182 Å². The van der Waals surface area contributed by atoms with Gasteiger partial charge in [-0.15, -0.1) is 5.10 Å². The lowest BCUT2D eigenvalue weighted by atomic mass is 10.1. The number of aryl methyl sites for hydroxylation is 1. The van der Waals surface area contributed by atoms with Crippen LogP contribution >= 0.6 is 0 Å². The van der Waals surface area contributed by atoms with Gasteiger partial charge in [-0.2, -0.15) is 10.2 Å². The molecule has 0 radical (unpaired) electrons. The normalized spacial score (nSPS) is 13.6. The van der Waals surface area contributed by atoms with E-state index in [2.05, 4.69) is 20.5 Å². The number of carbonyl (C=O) groups is 1. The topological polar surface area (TPSA) is 114 Å². The van der Waals surface area contributed by atoms with Crippen molar-refractivity contribution in [2.75, 3.05) is 13.1 Å². The van der Waals surface area contributed by atoms with Gasteiger partial charge in [0.05, 0.1) is 29.3 Å². The van der Waals surface area contributed by atoms with Crippen LogP contribution in [0.5, 0.6) is 0 Å². The summed E-state index contributed by atoms with van der Waals surface area (Å²) >= 11 is 0. The summed E-state index contributed by atoms with van der Waals surface area (Å²) in [6, 6.07) is 11.3. The molecule has 10 heteroatoms. The minimum atomic E-state index is -0.610. The average Bonchev–Trinajstić information content (AvgIpc) is 3.58. The van der Waals surface area contributed by atoms with Crippen molar-refractivity contribution in [3.63, 3.8) is 0 Å². The molecule has 1 aliphatic heterocycles. The predicted octanol–water partition coefficient (Wildman–Crippen LogP) is 3.17. The zero-order valence-electron chi connectivity index (χ0n) is 17.0. The van der Waals surface area contributed by atoms with Crippen LogP contribution in [0, 0.1) is 17.1 Å². The van der Waals surface area contributed by atoms with Crippen molar-refractivity contribution in [1.29, 1.82) is 5.26 Å². The molecule has 5 rings (SSSR count). The molecule has 0 unspecified atom stereocenters. The van der Waals surface area contributed by atoms with Crippen molar-refractivity contribution in [3.8, 4) is 28.9 Å². The summed E-state index contributed by atoms with van der Waals surface area (Å²) < 4.78 is 21.2. The van der Waals surface area contributed by atoms with Gasteiger partial charge < -0.3 is 9.42 Å². The van der Waals surface area contributed by atoms with Crippen LogP contribution in [0.15, 0.2) is 40.9 Å². The highest BCUT2D eigenvalue weighted by molar-refractivity contribution is 5.80. The largest absolute Gasteiger partial charge is 0.343 e. The van der Waals surface area contributed by atoms with Gasteiger partial charge in [-0.25, -0.2) is 9.07 Å². The van der Waals surface area contributed by atoms with E-state index >= 15 is 0 Å². The number of nitrogens with zero attached hydrogens (tertiary/aromatic N) is 7. The summed E-state index contributed by atoms with van der Waals surface area (Å²) in [5.41, 5.74) is 2.40. The second-order valence-corrected chi connectivity index (χ2v) is 7.58. The molecule has 160 valence electrons. The Hall–Kier alpha value is -4.13. The molecular weight excluding hydrogens is 413 g/mol. The molecule has 9 nitrogen and oxygen atoms in total. The van der Waals surface area contributed by atoms with Crippen LogP contribution in [-0.2, 0) is 11.3 Å². The molecule has 1 fully saturated rings. The minimum absolute atomic E-state index is 0.0196. The maximum absolute atomic E-state index is 14.2. The predicted molar refractivity (Wildman–Crippen MR) is 111 cm³/mol. The Morgan fingerprint density at radius 2 is 2.03 bits per heavy atom. The SMILES string of the molecule is N#Cc1ccc(-c2nc(-c3ccc4c(c3)nnn4CCC(=O)N3CCCC3)no2)c(F)c1. The lowest BCUT2D eigenvalue weighted by Gasteiger charge is -2.14. The highest BCUT2D eigenvalue weighted by Gasteiger charge is 2.19. The fourth-order valence-corrected chi connectivity index (χ4v) is 3.81. The number of hydrogen-bond acceptors (Lipinski definition) is 7. The number of hydrogen-bond donors (Lipinski definition) is 0. The summed E-state index contributed by atoms with van der Waals surface area (Å²) in [6.07, 6.45) is 2.51. The highest BCUT2D eigenvalue weighted by atomic mass is 19.1. The molecule has 3 heterocycles. The summed E-state index contributed by atoms with van der Waals surface area (Å²) in [5.74, 6) is -0.172. The number of likely N-dealkylation sites (tertiary alicyclic amines) is 1. The van der Waals surface area contributed by atoms with Crippen LogP contribution in [0.4, 0.5) is 4.39 Å². The first-order valence-corrected chi connectivity index (χ1v) is 10.3. The zero-order chi connectivity index (χ0) is 22.1. The molecule has 2 aromatic heterocycles. The van der Waals surface area contributed by atoms with Gasteiger partial charge in [-0.3, -0.25) is 4.79 Å². The third kappa shape index (κ3) is 3.69. The quantitative estimate of drug-likeness (QED) is 0.477. The molecule has 0 bridgehead atoms. The monoisotopic (exact) mass is 431 g/mol. The fraction of sp³-hybridized carbons (Fsp3) is 0.273. The number of aromatic nitrogens is 5. The van der Waals surface area contributed by atoms with Crippen LogP contribution in [0.25, 0.3) is 33.9 Å². The smallest absolute Gasteiger partial charge is 0.261 e. The Balaban J connectivity index is 1.35. The van der Waals surface area contributed by atoms with Crippen molar-refractivity contribution >= 4 is 16.9 Å². The van der Waals surface area contributed by atoms with Gasteiger partial charge in [0.1, 0.15) is 11.3 Å². The van der Waals surface area contributed by atoms with Gasteiger partial charge >= 0.3 is 0 Å².